The van der Waals surface area contributed by atoms with E-state index in [9.17, 15) is 17.6 Å². The fourth-order valence-electron chi connectivity index (χ4n) is 3.30. The molecule has 6 nitrogen and oxygen atoms in total. The maximum atomic E-state index is 13.1. The molecule has 9 heteroatoms. The molecule has 0 saturated carbocycles. The van der Waals surface area contributed by atoms with Gasteiger partial charge in [-0.3, -0.25) is 9.10 Å². The molecular weight excluding hydrogens is 461 g/mol. The molecule has 2 aromatic rings. The van der Waals surface area contributed by atoms with E-state index in [-0.39, 0.29) is 12.5 Å². The van der Waals surface area contributed by atoms with Crippen LogP contribution < -0.4 is 9.62 Å². The van der Waals surface area contributed by atoms with Crippen molar-refractivity contribution in [3.8, 4) is 0 Å². The largest absolute Gasteiger partial charge is 0.352 e. The maximum Gasteiger partial charge on any atom is 0.303 e. The minimum absolute atomic E-state index is 0.123. The molecule has 0 unspecified atom stereocenters. The Morgan fingerprint density at radius 1 is 1.28 bits per heavy atom. The summed E-state index contributed by atoms with van der Waals surface area (Å²) in [4.78, 5) is 12.6. The third kappa shape index (κ3) is 5.34. The van der Waals surface area contributed by atoms with Crippen LogP contribution in [0.5, 0.6) is 0 Å². The predicted octanol–water partition coefficient (Wildman–Crippen LogP) is 3.30. The van der Waals surface area contributed by atoms with Gasteiger partial charge in [-0.15, -0.1) is 0 Å². The summed E-state index contributed by atoms with van der Waals surface area (Å²) in [7, 11) is -2.38. The van der Waals surface area contributed by atoms with Crippen LogP contribution in [0.2, 0.25) is 0 Å². The molecule has 1 amide bonds. The van der Waals surface area contributed by atoms with E-state index in [1.54, 1.807) is 0 Å². The van der Waals surface area contributed by atoms with Crippen molar-refractivity contribution < 1.29 is 17.6 Å². The number of benzene rings is 2. The van der Waals surface area contributed by atoms with Crippen LogP contribution in [-0.4, -0.2) is 38.8 Å². The first-order valence-electron chi connectivity index (χ1n) is 9.29. The van der Waals surface area contributed by atoms with Gasteiger partial charge >= 0.3 is 10.2 Å². The van der Waals surface area contributed by atoms with E-state index in [1.807, 2.05) is 24.3 Å². The smallest absolute Gasteiger partial charge is 0.303 e. The van der Waals surface area contributed by atoms with E-state index in [1.165, 1.54) is 35.6 Å². The highest BCUT2D eigenvalue weighted by Crippen LogP contribution is 2.24. The van der Waals surface area contributed by atoms with E-state index in [4.69, 9.17) is 0 Å². The maximum absolute atomic E-state index is 13.1. The van der Waals surface area contributed by atoms with Crippen molar-refractivity contribution >= 4 is 37.7 Å². The van der Waals surface area contributed by atoms with Gasteiger partial charge in [0.05, 0.1) is 11.6 Å². The van der Waals surface area contributed by atoms with Crippen molar-refractivity contribution in [3.05, 3.63) is 64.4 Å². The zero-order valence-corrected chi connectivity index (χ0v) is 18.4. The lowest BCUT2D eigenvalue weighted by Gasteiger charge is -2.34. The fourth-order valence-corrected chi connectivity index (χ4v) is 5.21. The number of carbonyl (C=O) groups is 1. The number of anilines is 1. The van der Waals surface area contributed by atoms with Crippen LogP contribution in [0.1, 0.15) is 18.4 Å². The number of nitrogens with zero attached hydrogens (tertiary/aromatic N) is 2. The molecule has 1 atom stereocenters. The molecule has 3 rings (SSSR count). The Balaban J connectivity index is 1.64. The molecule has 0 aliphatic carbocycles. The van der Waals surface area contributed by atoms with Gasteiger partial charge in [-0.1, -0.05) is 28.1 Å². The Kier molecular flexibility index (Phi) is 6.92. The van der Waals surface area contributed by atoms with Crippen LogP contribution in [0.4, 0.5) is 10.1 Å². The van der Waals surface area contributed by atoms with Crippen LogP contribution in [0.25, 0.3) is 0 Å². The molecule has 0 radical (unpaired) electrons. The van der Waals surface area contributed by atoms with Crippen LogP contribution in [0.3, 0.4) is 0 Å². The SMILES string of the molecule is CN(c1ccc(F)cc1)S(=O)(=O)N1CCC[C@H](C(=O)NCc2cccc(Br)c2)C1. The monoisotopic (exact) mass is 483 g/mol. The molecule has 29 heavy (non-hydrogen) atoms. The standard InChI is InChI=1S/C20H23BrFN3O3S/c1-24(19-9-7-18(22)8-10-19)29(27,28)25-11-3-5-16(14-25)20(26)23-13-15-4-2-6-17(21)12-15/h2,4,6-10,12,16H,3,5,11,13-14H2,1H3,(H,23,26)/t16-/m0/s1. The number of nitrogens with one attached hydrogen (secondary N) is 1. The summed E-state index contributed by atoms with van der Waals surface area (Å²) in [5, 5.41) is 2.90. The van der Waals surface area contributed by atoms with Gasteiger partial charge in [0.2, 0.25) is 5.91 Å². The van der Waals surface area contributed by atoms with Crippen LogP contribution in [0, 0.1) is 11.7 Å². The van der Waals surface area contributed by atoms with E-state index in [2.05, 4.69) is 21.2 Å². The van der Waals surface area contributed by atoms with Gasteiger partial charge in [-0.2, -0.15) is 12.7 Å². The minimum atomic E-state index is -3.81. The van der Waals surface area contributed by atoms with Crippen LogP contribution in [0.15, 0.2) is 53.0 Å². The zero-order chi connectivity index (χ0) is 21.0. The van der Waals surface area contributed by atoms with Gasteiger partial charge in [0.15, 0.2) is 0 Å². The molecule has 1 N–H and O–H groups in total. The van der Waals surface area contributed by atoms with Gasteiger partial charge < -0.3 is 5.32 Å². The topological polar surface area (TPSA) is 69.7 Å². The summed E-state index contributed by atoms with van der Waals surface area (Å²) in [6, 6.07) is 12.9. The summed E-state index contributed by atoms with van der Waals surface area (Å²) in [5.74, 6) is -0.999. The van der Waals surface area contributed by atoms with E-state index >= 15 is 0 Å². The van der Waals surface area contributed by atoms with Crippen molar-refractivity contribution in [1.82, 2.24) is 9.62 Å². The van der Waals surface area contributed by atoms with Gasteiger partial charge in [0, 0.05) is 31.2 Å². The van der Waals surface area contributed by atoms with E-state index in [0.717, 1.165) is 14.3 Å². The van der Waals surface area contributed by atoms with Crippen molar-refractivity contribution in [1.29, 1.82) is 0 Å². The van der Waals surface area contributed by atoms with E-state index in [0.29, 0.717) is 31.6 Å². The molecule has 1 fully saturated rings. The van der Waals surface area contributed by atoms with Gasteiger partial charge in [0.1, 0.15) is 5.82 Å². The second-order valence-corrected chi connectivity index (χ2v) is 9.87. The second kappa shape index (κ2) is 9.23. The summed E-state index contributed by atoms with van der Waals surface area (Å²) >= 11 is 3.40. The summed E-state index contributed by atoms with van der Waals surface area (Å²) in [6.07, 6.45) is 1.24. The summed E-state index contributed by atoms with van der Waals surface area (Å²) in [6.45, 7) is 0.860. The second-order valence-electron chi connectivity index (χ2n) is 7.00. The Morgan fingerprint density at radius 2 is 2.00 bits per heavy atom. The molecule has 1 aliphatic heterocycles. The third-order valence-corrected chi connectivity index (χ3v) is 7.35. The lowest BCUT2D eigenvalue weighted by atomic mass is 9.99. The Labute approximate surface area is 179 Å². The van der Waals surface area contributed by atoms with Crippen LogP contribution in [-0.2, 0) is 21.5 Å². The highest BCUT2D eigenvalue weighted by molar-refractivity contribution is 9.10. The summed E-state index contributed by atoms with van der Waals surface area (Å²) < 4.78 is 42.5. The van der Waals surface area contributed by atoms with E-state index < -0.39 is 21.9 Å². The highest BCUT2D eigenvalue weighted by Gasteiger charge is 2.34. The summed E-state index contributed by atoms with van der Waals surface area (Å²) in [5.41, 5.74) is 1.33. The lowest BCUT2D eigenvalue weighted by Crippen LogP contribution is -2.49. The van der Waals surface area contributed by atoms with Gasteiger partial charge in [-0.05, 0) is 54.8 Å². The minimum Gasteiger partial charge on any atom is -0.352 e. The quantitative estimate of drug-likeness (QED) is 0.684. The molecular formula is C20H23BrFN3O3S. The first-order chi connectivity index (χ1) is 13.8. The first kappa shape index (κ1) is 21.7. The number of halogens is 2. The Hall–Kier alpha value is -1.97. The van der Waals surface area contributed by atoms with Crippen molar-refractivity contribution in [2.24, 2.45) is 5.92 Å². The average Bonchev–Trinajstić information content (AvgIpc) is 2.72. The van der Waals surface area contributed by atoms with Crippen molar-refractivity contribution in [2.45, 2.75) is 19.4 Å². The lowest BCUT2D eigenvalue weighted by molar-refractivity contribution is -0.126. The number of rotatable bonds is 6. The van der Waals surface area contributed by atoms with Gasteiger partial charge in [-0.25, -0.2) is 4.39 Å². The first-order valence-corrected chi connectivity index (χ1v) is 11.5. The molecule has 0 bridgehead atoms. The van der Waals surface area contributed by atoms with Crippen LogP contribution >= 0.6 is 15.9 Å². The average molecular weight is 484 g/mol. The molecule has 0 spiro atoms. The molecule has 2 aromatic carbocycles. The molecule has 0 aromatic heterocycles. The zero-order valence-electron chi connectivity index (χ0n) is 16.0. The number of piperidine rings is 1. The predicted molar refractivity (Wildman–Crippen MR) is 114 cm³/mol. The number of hydrogen-bond acceptors (Lipinski definition) is 3. The molecule has 1 aliphatic rings. The van der Waals surface area contributed by atoms with Crippen molar-refractivity contribution in [3.63, 3.8) is 0 Å². The normalized spacial score (nSPS) is 17.7. The van der Waals surface area contributed by atoms with Gasteiger partial charge in [0.25, 0.3) is 0 Å². The highest BCUT2D eigenvalue weighted by atomic mass is 79.9. The third-order valence-electron chi connectivity index (χ3n) is 4.97. The molecule has 156 valence electrons. The number of hydrogen-bond donors (Lipinski definition) is 1. The molecule has 1 heterocycles. The fraction of sp³-hybridized carbons (Fsp3) is 0.350. The van der Waals surface area contributed by atoms with Crippen molar-refractivity contribution in [2.75, 3.05) is 24.4 Å². The number of amides is 1. The molecule has 1 saturated heterocycles. The Morgan fingerprint density at radius 3 is 2.69 bits per heavy atom. The number of carbonyl (C=O) groups excluding carboxylic acids is 1. The Bertz CT molecular complexity index is 969.